The van der Waals surface area contributed by atoms with Crippen molar-refractivity contribution in [3.05, 3.63) is 22.4 Å². The zero-order chi connectivity index (χ0) is 12.1. The maximum atomic E-state index is 12.1. The molecule has 0 fully saturated rings. The number of aliphatic hydroxyl groups is 1. The summed E-state index contributed by atoms with van der Waals surface area (Å²) in [6.45, 7) is 3.30. The van der Waals surface area contributed by atoms with E-state index in [1.165, 1.54) is 0 Å². The summed E-state index contributed by atoms with van der Waals surface area (Å²) in [7, 11) is 1.85. The second-order valence-corrected chi connectivity index (χ2v) is 4.53. The summed E-state index contributed by atoms with van der Waals surface area (Å²) in [6.07, 6.45) is 2.47. The molecule has 0 saturated heterocycles. The van der Waals surface area contributed by atoms with Crippen LogP contribution in [0.25, 0.3) is 0 Å². The number of hydrogen-bond acceptors (Lipinski definition) is 2. The minimum absolute atomic E-state index is 0.00384. The molecule has 4 nitrogen and oxygen atoms in total. The summed E-state index contributed by atoms with van der Waals surface area (Å²) < 4.78 is 2.70. The highest BCUT2D eigenvalue weighted by molar-refractivity contribution is 9.10. The van der Waals surface area contributed by atoms with Crippen LogP contribution in [-0.4, -0.2) is 40.2 Å². The fraction of sp³-hybridized carbons (Fsp3) is 0.545. The van der Waals surface area contributed by atoms with E-state index in [0.29, 0.717) is 25.2 Å². The fourth-order valence-electron chi connectivity index (χ4n) is 1.56. The third-order valence-corrected chi connectivity index (χ3v) is 2.88. The molecular weight excluding hydrogens is 272 g/mol. The molecule has 1 rings (SSSR count). The van der Waals surface area contributed by atoms with Gasteiger partial charge in [0.1, 0.15) is 5.69 Å². The van der Waals surface area contributed by atoms with Crippen molar-refractivity contribution in [2.24, 2.45) is 7.05 Å². The fourth-order valence-corrected chi connectivity index (χ4v) is 2.09. The van der Waals surface area contributed by atoms with E-state index in [0.717, 1.165) is 4.47 Å². The molecule has 1 amide bonds. The van der Waals surface area contributed by atoms with Crippen molar-refractivity contribution in [3.8, 4) is 0 Å². The van der Waals surface area contributed by atoms with E-state index in [2.05, 4.69) is 15.9 Å². The Hall–Kier alpha value is -0.810. The monoisotopic (exact) mass is 288 g/mol. The first-order valence-electron chi connectivity index (χ1n) is 5.32. The zero-order valence-electron chi connectivity index (χ0n) is 9.61. The predicted octanol–water partition coefficient (Wildman–Crippen LogP) is 1.63. The first-order valence-corrected chi connectivity index (χ1v) is 6.11. The molecule has 0 aliphatic heterocycles. The molecule has 0 radical (unpaired) electrons. The Morgan fingerprint density at radius 2 is 2.31 bits per heavy atom. The van der Waals surface area contributed by atoms with Crippen molar-refractivity contribution < 1.29 is 9.90 Å². The van der Waals surface area contributed by atoms with Crippen LogP contribution in [0.5, 0.6) is 0 Å². The molecule has 16 heavy (non-hydrogen) atoms. The quantitative estimate of drug-likeness (QED) is 0.895. The van der Waals surface area contributed by atoms with Gasteiger partial charge in [0.25, 0.3) is 5.91 Å². The predicted molar refractivity (Wildman–Crippen MR) is 66.4 cm³/mol. The number of aryl methyl sites for hydroxylation is 1. The van der Waals surface area contributed by atoms with Gasteiger partial charge in [-0.1, -0.05) is 0 Å². The molecule has 5 heteroatoms. The molecule has 1 aromatic rings. The second-order valence-electron chi connectivity index (χ2n) is 3.62. The maximum Gasteiger partial charge on any atom is 0.270 e. The van der Waals surface area contributed by atoms with E-state index in [-0.39, 0.29) is 12.5 Å². The molecule has 0 saturated carbocycles. The molecular formula is C11H17BrN2O2. The summed E-state index contributed by atoms with van der Waals surface area (Å²) in [4.78, 5) is 13.9. The summed E-state index contributed by atoms with van der Waals surface area (Å²) in [5, 5.41) is 8.77. The molecule has 1 aromatic heterocycles. The van der Waals surface area contributed by atoms with Crippen molar-refractivity contribution in [2.45, 2.75) is 13.3 Å². The zero-order valence-corrected chi connectivity index (χ0v) is 11.2. The van der Waals surface area contributed by atoms with Gasteiger partial charge < -0.3 is 14.6 Å². The Bertz CT molecular complexity index is 363. The first-order chi connectivity index (χ1) is 7.60. The number of carbonyl (C=O) groups is 1. The number of amides is 1. The van der Waals surface area contributed by atoms with E-state index in [9.17, 15) is 4.79 Å². The highest BCUT2D eigenvalue weighted by Gasteiger charge is 2.17. The molecule has 90 valence electrons. The first kappa shape index (κ1) is 13.3. The third kappa shape index (κ3) is 3.09. The van der Waals surface area contributed by atoms with Crippen LogP contribution in [0, 0.1) is 0 Å². The minimum Gasteiger partial charge on any atom is -0.396 e. The SMILES string of the molecule is CCN(CCCO)C(=O)c1cc(Br)cn1C. The van der Waals surface area contributed by atoms with Gasteiger partial charge in [0, 0.05) is 37.4 Å². The molecule has 0 aliphatic carbocycles. The van der Waals surface area contributed by atoms with E-state index in [1.807, 2.05) is 26.2 Å². The van der Waals surface area contributed by atoms with Gasteiger partial charge in [0.05, 0.1) is 0 Å². The van der Waals surface area contributed by atoms with E-state index < -0.39 is 0 Å². The van der Waals surface area contributed by atoms with Gasteiger partial charge in [0.2, 0.25) is 0 Å². The van der Waals surface area contributed by atoms with Crippen LogP contribution in [0.1, 0.15) is 23.8 Å². The lowest BCUT2D eigenvalue weighted by Gasteiger charge is -2.20. The number of aliphatic hydroxyl groups excluding tert-OH is 1. The highest BCUT2D eigenvalue weighted by Crippen LogP contribution is 2.15. The van der Waals surface area contributed by atoms with Crippen molar-refractivity contribution >= 4 is 21.8 Å². The number of halogens is 1. The Morgan fingerprint density at radius 1 is 1.62 bits per heavy atom. The molecule has 0 spiro atoms. The van der Waals surface area contributed by atoms with Gasteiger partial charge in [-0.15, -0.1) is 0 Å². The highest BCUT2D eigenvalue weighted by atomic mass is 79.9. The lowest BCUT2D eigenvalue weighted by atomic mass is 10.3. The van der Waals surface area contributed by atoms with Gasteiger partial charge in [-0.25, -0.2) is 0 Å². The van der Waals surface area contributed by atoms with Crippen LogP contribution in [0.4, 0.5) is 0 Å². The van der Waals surface area contributed by atoms with Crippen LogP contribution in [0.2, 0.25) is 0 Å². The van der Waals surface area contributed by atoms with Gasteiger partial charge >= 0.3 is 0 Å². The van der Waals surface area contributed by atoms with Crippen LogP contribution >= 0.6 is 15.9 Å². The second kappa shape index (κ2) is 6.06. The van der Waals surface area contributed by atoms with Crippen LogP contribution in [0.3, 0.4) is 0 Å². The Balaban J connectivity index is 2.78. The number of aromatic nitrogens is 1. The maximum absolute atomic E-state index is 12.1. The molecule has 1 heterocycles. The third-order valence-electron chi connectivity index (χ3n) is 2.45. The van der Waals surface area contributed by atoms with E-state index >= 15 is 0 Å². The average molecular weight is 289 g/mol. The van der Waals surface area contributed by atoms with Gasteiger partial charge in [-0.3, -0.25) is 4.79 Å². The largest absolute Gasteiger partial charge is 0.396 e. The lowest BCUT2D eigenvalue weighted by Crippen LogP contribution is -2.33. The van der Waals surface area contributed by atoms with Crippen molar-refractivity contribution in [1.82, 2.24) is 9.47 Å². The lowest BCUT2D eigenvalue weighted by molar-refractivity contribution is 0.0745. The average Bonchev–Trinajstić information content (AvgIpc) is 2.58. The van der Waals surface area contributed by atoms with Gasteiger partial charge in [0.15, 0.2) is 0 Å². The molecule has 0 unspecified atom stereocenters. The molecule has 1 N–H and O–H groups in total. The Labute approximate surface area is 104 Å². The van der Waals surface area contributed by atoms with Crippen LogP contribution < -0.4 is 0 Å². The Morgan fingerprint density at radius 3 is 2.75 bits per heavy atom. The van der Waals surface area contributed by atoms with Gasteiger partial charge in [-0.05, 0) is 35.3 Å². The molecule has 0 bridgehead atoms. The normalized spacial score (nSPS) is 10.5. The number of hydrogen-bond donors (Lipinski definition) is 1. The van der Waals surface area contributed by atoms with E-state index in [4.69, 9.17) is 5.11 Å². The molecule has 0 atom stereocenters. The van der Waals surface area contributed by atoms with Crippen LogP contribution in [0.15, 0.2) is 16.7 Å². The molecule has 0 aliphatic rings. The van der Waals surface area contributed by atoms with Crippen molar-refractivity contribution in [3.63, 3.8) is 0 Å². The number of rotatable bonds is 5. The summed E-state index contributed by atoms with van der Waals surface area (Å²) >= 11 is 3.34. The number of nitrogens with zero attached hydrogens (tertiary/aromatic N) is 2. The minimum atomic E-state index is 0.00384. The summed E-state index contributed by atoms with van der Waals surface area (Å²) in [5.74, 6) is 0.00384. The smallest absolute Gasteiger partial charge is 0.270 e. The topological polar surface area (TPSA) is 45.5 Å². The van der Waals surface area contributed by atoms with Crippen LogP contribution in [-0.2, 0) is 7.05 Å². The molecule has 0 aromatic carbocycles. The summed E-state index contributed by atoms with van der Waals surface area (Å²) in [5.41, 5.74) is 0.659. The Kier molecular flexibility index (Phi) is 5.02. The standard InChI is InChI=1S/C11H17BrN2O2/c1-3-14(5-4-6-15)11(16)10-7-9(12)8-13(10)2/h7-8,15H,3-6H2,1-2H3. The van der Waals surface area contributed by atoms with Crippen molar-refractivity contribution in [2.75, 3.05) is 19.7 Å². The van der Waals surface area contributed by atoms with E-state index in [1.54, 1.807) is 9.47 Å². The number of carbonyl (C=O) groups excluding carboxylic acids is 1. The van der Waals surface area contributed by atoms with Gasteiger partial charge in [-0.2, -0.15) is 0 Å². The van der Waals surface area contributed by atoms with Crippen molar-refractivity contribution in [1.29, 1.82) is 0 Å². The summed E-state index contributed by atoms with van der Waals surface area (Å²) in [6, 6.07) is 1.81.